The number of carbonyl (C=O) groups excluding carboxylic acids is 2. The highest BCUT2D eigenvalue weighted by atomic mass is 32.1. The summed E-state index contributed by atoms with van der Waals surface area (Å²) in [6.45, 7) is -0.522. The molecular formula is C19H15N3O5S. The van der Waals surface area contributed by atoms with Crippen LogP contribution in [0.15, 0.2) is 60.8 Å². The molecule has 28 heavy (non-hydrogen) atoms. The van der Waals surface area contributed by atoms with Gasteiger partial charge in [-0.3, -0.25) is 20.2 Å². The smallest absolute Gasteiger partial charge is 0.345 e. The minimum absolute atomic E-state index is 0.0669. The fourth-order valence-electron chi connectivity index (χ4n) is 2.46. The van der Waals surface area contributed by atoms with Crippen LogP contribution in [0.25, 0.3) is 0 Å². The first kappa shape index (κ1) is 19.2. The summed E-state index contributed by atoms with van der Waals surface area (Å²) in [6, 6.07) is 16.7. The van der Waals surface area contributed by atoms with E-state index >= 15 is 0 Å². The molecule has 142 valence electrons. The van der Waals surface area contributed by atoms with Gasteiger partial charge in [0, 0.05) is 0 Å². The van der Waals surface area contributed by atoms with Crippen molar-refractivity contribution in [3.63, 3.8) is 0 Å². The Balaban J connectivity index is 1.60. The van der Waals surface area contributed by atoms with Gasteiger partial charge in [-0.25, -0.2) is 9.78 Å². The minimum Gasteiger partial charge on any atom is -0.452 e. The molecule has 0 saturated heterocycles. The van der Waals surface area contributed by atoms with Crippen molar-refractivity contribution >= 4 is 33.3 Å². The van der Waals surface area contributed by atoms with Gasteiger partial charge in [-0.15, -0.1) is 0 Å². The number of aromatic nitrogens is 1. The van der Waals surface area contributed by atoms with Gasteiger partial charge in [-0.05, 0) is 35.0 Å². The molecule has 0 aliphatic carbocycles. The molecule has 0 radical (unpaired) electrons. The fourth-order valence-corrected chi connectivity index (χ4v) is 3.11. The molecule has 0 unspecified atom stereocenters. The van der Waals surface area contributed by atoms with Crippen LogP contribution >= 0.6 is 11.3 Å². The maximum absolute atomic E-state index is 12.4. The lowest BCUT2D eigenvalue weighted by Crippen LogP contribution is -2.21. The van der Waals surface area contributed by atoms with E-state index in [1.807, 2.05) is 42.5 Å². The second kappa shape index (κ2) is 8.87. The van der Waals surface area contributed by atoms with Crippen LogP contribution in [0.2, 0.25) is 0 Å². The zero-order valence-corrected chi connectivity index (χ0v) is 15.3. The largest absolute Gasteiger partial charge is 0.452 e. The molecule has 1 N–H and O–H groups in total. The first-order chi connectivity index (χ1) is 13.5. The van der Waals surface area contributed by atoms with Gasteiger partial charge in [0.1, 0.15) is 6.20 Å². The average molecular weight is 397 g/mol. The van der Waals surface area contributed by atoms with Crippen LogP contribution in [0, 0.1) is 10.1 Å². The molecule has 1 heterocycles. The first-order valence-corrected chi connectivity index (χ1v) is 9.03. The second-order valence-electron chi connectivity index (χ2n) is 5.70. The molecule has 0 spiro atoms. The highest BCUT2D eigenvalue weighted by molar-refractivity contribution is 7.18. The number of rotatable bonds is 7. The summed E-state index contributed by atoms with van der Waals surface area (Å²) in [6.07, 6.45) is 1.60. The van der Waals surface area contributed by atoms with Gasteiger partial charge in [-0.1, -0.05) is 48.5 Å². The molecular weight excluding hydrogens is 382 g/mol. The Morgan fingerprint density at radius 2 is 1.82 bits per heavy atom. The summed E-state index contributed by atoms with van der Waals surface area (Å²) in [5.41, 5.74) is 2.21. The van der Waals surface area contributed by atoms with E-state index in [1.165, 1.54) is 0 Å². The van der Waals surface area contributed by atoms with Crippen molar-refractivity contribution in [2.24, 2.45) is 0 Å². The Hall–Kier alpha value is -3.59. The van der Waals surface area contributed by atoms with E-state index in [4.69, 9.17) is 4.74 Å². The van der Waals surface area contributed by atoms with Crippen LogP contribution in [0.3, 0.4) is 0 Å². The molecule has 2 aromatic carbocycles. The van der Waals surface area contributed by atoms with Gasteiger partial charge in [0.25, 0.3) is 5.91 Å². The monoisotopic (exact) mass is 397 g/mol. The maximum Gasteiger partial charge on any atom is 0.345 e. The molecule has 9 heteroatoms. The van der Waals surface area contributed by atoms with E-state index in [2.05, 4.69) is 10.3 Å². The number of thiazole rings is 1. The van der Waals surface area contributed by atoms with Crippen molar-refractivity contribution in [1.29, 1.82) is 0 Å². The van der Waals surface area contributed by atoms with Crippen LogP contribution in [-0.2, 0) is 16.0 Å². The number of hydrogen-bond acceptors (Lipinski definition) is 7. The number of esters is 1. The number of carbonyl (C=O) groups is 2. The lowest BCUT2D eigenvalue weighted by atomic mass is 10.00. The number of anilines is 1. The molecule has 3 aromatic rings. The Bertz CT molecular complexity index is 1000. The van der Waals surface area contributed by atoms with E-state index in [9.17, 15) is 19.7 Å². The summed E-state index contributed by atoms with van der Waals surface area (Å²) >= 11 is 0.721. The molecule has 3 rings (SSSR count). The molecule has 0 bridgehead atoms. The topological polar surface area (TPSA) is 111 Å². The van der Waals surface area contributed by atoms with E-state index in [0.717, 1.165) is 28.7 Å². The van der Waals surface area contributed by atoms with Gasteiger partial charge >= 0.3 is 11.0 Å². The van der Waals surface area contributed by atoms with Crippen molar-refractivity contribution in [3.8, 4) is 0 Å². The van der Waals surface area contributed by atoms with E-state index in [-0.39, 0.29) is 10.1 Å². The number of nitrogens with zero attached hydrogens (tertiary/aromatic N) is 2. The van der Waals surface area contributed by atoms with Gasteiger partial charge in [0.15, 0.2) is 11.7 Å². The number of nitrogens with one attached hydrogen (secondary N) is 1. The average Bonchev–Trinajstić information content (AvgIpc) is 3.16. The number of hydrogen-bond donors (Lipinski definition) is 1. The lowest BCUT2D eigenvalue weighted by Gasteiger charge is -2.09. The standard InChI is InChI=1S/C19H15N3O5S/c23-16(21-19-20-11-17(28-19)22(25)26)12-27-18(24)15-9-5-4-8-14(15)10-13-6-2-1-3-7-13/h1-9,11H,10,12H2,(H,20,21,23). The summed E-state index contributed by atoms with van der Waals surface area (Å²) in [5, 5.41) is 12.9. The predicted molar refractivity (Wildman–Crippen MR) is 103 cm³/mol. The molecule has 0 aliphatic rings. The quantitative estimate of drug-likeness (QED) is 0.371. The van der Waals surface area contributed by atoms with Crippen LogP contribution < -0.4 is 5.32 Å². The summed E-state index contributed by atoms with van der Waals surface area (Å²) in [7, 11) is 0. The predicted octanol–water partition coefficient (Wildman–Crippen LogP) is 3.44. The molecule has 0 fully saturated rings. The third-order valence-corrected chi connectivity index (χ3v) is 4.59. The summed E-state index contributed by atoms with van der Waals surface area (Å²) in [4.78, 5) is 38.1. The molecule has 0 atom stereocenters. The van der Waals surface area contributed by atoms with Crippen molar-refractivity contribution in [1.82, 2.24) is 4.98 Å². The lowest BCUT2D eigenvalue weighted by molar-refractivity contribution is -0.380. The molecule has 1 aromatic heterocycles. The fraction of sp³-hybridized carbons (Fsp3) is 0.105. The molecule has 1 amide bonds. The van der Waals surface area contributed by atoms with Crippen molar-refractivity contribution < 1.29 is 19.2 Å². The van der Waals surface area contributed by atoms with Crippen molar-refractivity contribution in [2.45, 2.75) is 6.42 Å². The van der Waals surface area contributed by atoms with E-state index in [1.54, 1.807) is 12.1 Å². The number of benzene rings is 2. The van der Waals surface area contributed by atoms with Crippen LogP contribution in [0.4, 0.5) is 10.1 Å². The zero-order chi connectivity index (χ0) is 19.9. The minimum atomic E-state index is -0.627. The van der Waals surface area contributed by atoms with Gasteiger partial charge < -0.3 is 4.74 Å². The molecule has 0 aliphatic heterocycles. The highest BCUT2D eigenvalue weighted by Gasteiger charge is 2.17. The Morgan fingerprint density at radius 3 is 2.54 bits per heavy atom. The third-order valence-electron chi connectivity index (χ3n) is 3.73. The van der Waals surface area contributed by atoms with Gasteiger partial charge in [0.2, 0.25) is 0 Å². The Morgan fingerprint density at radius 1 is 1.11 bits per heavy atom. The maximum atomic E-state index is 12.4. The SMILES string of the molecule is O=C(COC(=O)c1ccccc1Cc1ccccc1)Nc1ncc([N+](=O)[O-])s1. The van der Waals surface area contributed by atoms with Gasteiger partial charge in [0.05, 0.1) is 10.5 Å². The number of ether oxygens (including phenoxy) is 1. The van der Waals surface area contributed by atoms with Crippen molar-refractivity contribution in [3.05, 3.63) is 87.6 Å². The van der Waals surface area contributed by atoms with Crippen LogP contribution in [0.1, 0.15) is 21.5 Å². The van der Waals surface area contributed by atoms with Gasteiger partial charge in [-0.2, -0.15) is 0 Å². The van der Waals surface area contributed by atoms with E-state index < -0.39 is 23.4 Å². The van der Waals surface area contributed by atoms with Crippen molar-refractivity contribution in [2.75, 3.05) is 11.9 Å². The summed E-state index contributed by atoms with van der Waals surface area (Å²) in [5.74, 6) is -1.25. The number of amides is 1. The zero-order valence-electron chi connectivity index (χ0n) is 14.5. The van der Waals surface area contributed by atoms with Crippen LogP contribution in [-0.4, -0.2) is 28.4 Å². The Labute approximate surface area is 164 Å². The highest BCUT2D eigenvalue weighted by Crippen LogP contribution is 2.24. The Kier molecular flexibility index (Phi) is 6.07. The molecule has 8 nitrogen and oxygen atoms in total. The normalized spacial score (nSPS) is 10.3. The van der Waals surface area contributed by atoms with Crippen LogP contribution in [0.5, 0.6) is 0 Å². The number of nitro groups is 1. The first-order valence-electron chi connectivity index (χ1n) is 8.22. The van der Waals surface area contributed by atoms with E-state index in [0.29, 0.717) is 12.0 Å². The molecule has 0 saturated carbocycles. The second-order valence-corrected chi connectivity index (χ2v) is 6.71. The third kappa shape index (κ3) is 4.98. The summed E-state index contributed by atoms with van der Waals surface area (Å²) < 4.78 is 5.09.